The fourth-order valence-electron chi connectivity index (χ4n) is 1.69. The number of esters is 1. The number of sulfone groups is 1. The van der Waals surface area contributed by atoms with Crippen LogP contribution < -0.4 is 5.32 Å². The largest absolute Gasteiger partial charge is 0.465 e. The van der Waals surface area contributed by atoms with Gasteiger partial charge < -0.3 is 10.1 Å². The summed E-state index contributed by atoms with van der Waals surface area (Å²) in [7, 11) is -4.18. The highest BCUT2D eigenvalue weighted by atomic mass is 32.2. The first-order chi connectivity index (χ1) is 10.4. The van der Waals surface area contributed by atoms with E-state index in [-0.39, 0.29) is 17.5 Å². The van der Waals surface area contributed by atoms with Crippen molar-refractivity contribution in [3.05, 3.63) is 24.3 Å². The van der Waals surface area contributed by atoms with Crippen LogP contribution in [0.1, 0.15) is 6.92 Å². The Morgan fingerprint density at radius 2 is 2.18 bits per heavy atom. The lowest BCUT2D eigenvalue weighted by atomic mass is 10.3. The number of hydrogen-bond donors (Lipinski definition) is 1. The number of halogens is 1. The van der Waals surface area contributed by atoms with Crippen LogP contribution >= 0.6 is 11.3 Å². The number of hydrogen-bond acceptors (Lipinski definition) is 7. The molecule has 0 saturated carbocycles. The minimum atomic E-state index is -4.18. The lowest BCUT2D eigenvalue weighted by Gasteiger charge is -2.08. The number of ether oxygens (including phenoxy) is 1. The normalized spacial score (nSPS) is 13.2. The Hall–Kier alpha value is -1.58. The van der Waals surface area contributed by atoms with Crippen molar-refractivity contribution in [2.24, 2.45) is 0 Å². The topological polar surface area (TPSA) is 85.4 Å². The predicted octanol–water partition coefficient (Wildman–Crippen LogP) is 1.52. The van der Waals surface area contributed by atoms with Crippen LogP contribution in [-0.4, -0.2) is 44.6 Å². The number of nitrogens with one attached hydrogen (secondary N) is 1. The standard InChI is InChI=1S/C13H15FN2O4S2/c1-2-20-12(17)8-15-7-11(14)22(18,19)13-16-9-5-3-4-6-10(9)21-13/h3-6,11,15H,2,7-8H2,1H3. The van der Waals surface area contributed by atoms with Gasteiger partial charge in [0.05, 0.1) is 23.4 Å². The van der Waals surface area contributed by atoms with Crippen molar-refractivity contribution in [2.45, 2.75) is 16.8 Å². The van der Waals surface area contributed by atoms with Crippen LogP contribution in [0, 0.1) is 0 Å². The highest BCUT2D eigenvalue weighted by molar-refractivity contribution is 7.93. The zero-order valence-electron chi connectivity index (χ0n) is 11.8. The van der Waals surface area contributed by atoms with Crippen molar-refractivity contribution in [1.29, 1.82) is 0 Å². The van der Waals surface area contributed by atoms with Crippen LogP contribution in [0.3, 0.4) is 0 Å². The maximum absolute atomic E-state index is 14.0. The Labute approximate surface area is 131 Å². The van der Waals surface area contributed by atoms with Crippen LogP contribution in [0.2, 0.25) is 0 Å². The number of aromatic nitrogens is 1. The summed E-state index contributed by atoms with van der Waals surface area (Å²) in [5.41, 5.74) is -1.67. The van der Waals surface area contributed by atoms with Crippen LogP contribution in [0.5, 0.6) is 0 Å². The van der Waals surface area contributed by atoms with Gasteiger partial charge in [0.15, 0.2) is 0 Å². The summed E-state index contributed by atoms with van der Waals surface area (Å²) in [4.78, 5) is 15.0. The second kappa shape index (κ2) is 7.12. The Morgan fingerprint density at radius 3 is 2.86 bits per heavy atom. The zero-order valence-corrected chi connectivity index (χ0v) is 13.4. The van der Waals surface area contributed by atoms with Gasteiger partial charge in [-0.3, -0.25) is 4.79 Å². The van der Waals surface area contributed by atoms with Crippen LogP contribution in [0.15, 0.2) is 28.6 Å². The van der Waals surface area contributed by atoms with Gasteiger partial charge in [-0.05, 0) is 19.1 Å². The van der Waals surface area contributed by atoms with Crippen molar-refractivity contribution in [3.63, 3.8) is 0 Å². The Bertz CT molecular complexity index is 727. The first-order valence-corrected chi connectivity index (χ1v) is 8.91. The quantitative estimate of drug-likeness (QED) is 0.765. The van der Waals surface area contributed by atoms with Gasteiger partial charge >= 0.3 is 5.97 Å². The van der Waals surface area contributed by atoms with E-state index in [9.17, 15) is 17.6 Å². The van der Waals surface area contributed by atoms with Crippen molar-refractivity contribution in [1.82, 2.24) is 10.3 Å². The van der Waals surface area contributed by atoms with Crippen molar-refractivity contribution >= 4 is 37.4 Å². The van der Waals surface area contributed by atoms with Gasteiger partial charge in [-0.2, -0.15) is 0 Å². The molecule has 0 aliphatic carbocycles. The van der Waals surface area contributed by atoms with Gasteiger partial charge in [0.25, 0.3) is 0 Å². The van der Waals surface area contributed by atoms with E-state index in [0.717, 1.165) is 11.3 Å². The van der Waals surface area contributed by atoms with Gasteiger partial charge in [-0.15, -0.1) is 11.3 Å². The molecule has 1 aromatic carbocycles. The number of thiazole rings is 1. The fourth-order valence-corrected chi connectivity index (χ4v) is 4.22. The molecule has 6 nitrogen and oxygen atoms in total. The minimum Gasteiger partial charge on any atom is -0.465 e. The second-order valence-corrected chi connectivity index (χ2v) is 7.62. The number of fused-ring (bicyclic) bond motifs is 1. The summed E-state index contributed by atoms with van der Waals surface area (Å²) in [5.74, 6) is -0.563. The number of benzene rings is 1. The highest BCUT2D eigenvalue weighted by Gasteiger charge is 2.30. The molecule has 1 heterocycles. The van der Waals surface area contributed by atoms with Gasteiger partial charge in [-0.1, -0.05) is 12.1 Å². The van der Waals surface area contributed by atoms with E-state index < -0.39 is 27.9 Å². The molecule has 0 amide bonds. The van der Waals surface area contributed by atoms with Gasteiger partial charge in [0, 0.05) is 6.54 Å². The predicted molar refractivity (Wildman–Crippen MR) is 81.2 cm³/mol. The summed E-state index contributed by atoms with van der Waals surface area (Å²) in [5, 5.41) is 2.43. The van der Waals surface area contributed by atoms with E-state index in [1.54, 1.807) is 31.2 Å². The van der Waals surface area contributed by atoms with Crippen molar-refractivity contribution in [2.75, 3.05) is 19.7 Å². The average Bonchev–Trinajstić information content (AvgIpc) is 2.92. The van der Waals surface area contributed by atoms with Crippen molar-refractivity contribution in [3.8, 4) is 0 Å². The SMILES string of the molecule is CCOC(=O)CNCC(F)S(=O)(=O)c1nc2ccccc2s1. The summed E-state index contributed by atoms with van der Waals surface area (Å²) < 4.78 is 43.3. The number of para-hydroxylation sites is 1. The van der Waals surface area contributed by atoms with E-state index in [1.165, 1.54) is 0 Å². The number of nitrogens with zero attached hydrogens (tertiary/aromatic N) is 1. The molecule has 9 heteroatoms. The summed E-state index contributed by atoms with van der Waals surface area (Å²) in [6.07, 6.45) is 0. The molecule has 2 rings (SSSR count). The number of alkyl halides is 1. The maximum atomic E-state index is 14.0. The van der Waals surface area contributed by atoms with E-state index in [4.69, 9.17) is 0 Å². The van der Waals surface area contributed by atoms with E-state index in [0.29, 0.717) is 10.2 Å². The molecule has 0 spiro atoms. The Balaban J connectivity index is 2.04. The van der Waals surface area contributed by atoms with E-state index in [2.05, 4.69) is 15.0 Å². The third kappa shape index (κ3) is 3.79. The Morgan fingerprint density at radius 1 is 1.45 bits per heavy atom. The minimum absolute atomic E-state index is 0.212. The smallest absolute Gasteiger partial charge is 0.319 e. The molecule has 1 N–H and O–H groups in total. The summed E-state index contributed by atoms with van der Waals surface area (Å²) in [6, 6.07) is 6.87. The molecule has 1 unspecified atom stereocenters. The second-order valence-electron chi connectivity index (χ2n) is 4.34. The molecule has 2 aromatic rings. The molecule has 0 radical (unpaired) electrons. The fraction of sp³-hybridized carbons (Fsp3) is 0.385. The monoisotopic (exact) mass is 346 g/mol. The van der Waals surface area contributed by atoms with Gasteiger partial charge in [0.2, 0.25) is 19.7 Å². The van der Waals surface area contributed by atoms with Crippen LogP contribution in [-0.2, 0) is 19.4 Å². The molecule has 22 heavy (non-hydrogen) atoms. The zero-order chi connectivity index (χ0) is 16.2. The lowest BCUT2D eigenvalue weighted by molar-refractivity contribution is -0.142. The molecule has 0 bridgehead atoms. The summed E-state index contributed by atoms with van der Waals surface area (Å²) in [6.45, 7) is 1.11. The Kier molecular flexibility index (Phi) is 5.43. The average molecular weight is 346 g/mol. The number of rotatable bonds is 7. The van der Waals surface area contributed by atoms with E-state index >= 15 is 0 Å². The van der Waals surface area contributed by atoms with Gasteiger partial charge in [0.1, 0.15) is 0 Å². The first kappa shape index (κ1) is 16.8. The highest BCUT2D eigenvalue weighted by Crippen LogP contribution is 2.27. The molecule has 0 aliphatic heterocycles. The van der Waals surface area contributed by atoms with Crippen LogP contribution in [0.4, 0.5) is 4.39 Å². The lowest BCUT2D eigenvalue weighted by Crippen LogP contribution is -2.34. The molecule has 0 aliphatic rings. The first-order valence-electron chi connectivity index (χ1n) is 6.55. The maximum Gasteiger partial charge on any atom is 0.319 e. The molecule has 120 valence electrons. The number of carbonyl (C=O) groups is 1. The van der Waals surface area contributed by atoms with Crippen LogP contribution in [0.25, 0.3) is 10.2 Å². The third-order valence-electron chi connectivity index (χ3n) is 2.73. The molecule has 0 saturated heterocycles. The molecule has 1 atom stereocenters. The van der Waals surface area contributed by atoms with E-state index in [1.807, 2.05) is 0 Å². The van der Waals surface area contributed by atoms with Gasteiger partial charge in [-0.25, -0.2) is 17.8 Å². The molecular weight excluding hydrogens is 331 g/mol. The molecule has 0 fully saturated rings. The third-order valence-corrected chi connectivity index (χ3v) is 5.93. The molecule has 1 aromatic heterocycles. The number of carbonyl (C=O) groups excluding carboxylic acids is 1. The van der Waals surface area contributed by atoms with Crippen molar-refractivity contribution < 1.29 is 22.3 Å². The molecular formula is C13H15FN2O4S2. The summed E-state index contributed by atoms with van der Waals surface area (Å²) >= 11 is 0.922.